The molecular formula is C75H77F25O33S5. The minimum atomic E-state index is -6.84. The standard InChI is InChI=1S/C22H23F5O7S.C17H17F5O7S.C14H15F5O6S.C12H11F5O7S.C10H11F5O6S/c23-21(24,25)19(22(26,27)35(30,31)32)34-18(29)16-4-2-1-3-15(16)17(28)33-11-20-8-12-5-13(9-20)7-14(6-12)10-20;18-16(19,20)15(17(21,22)30(25,26)27)29-14(24)12-9-5-4-8-11(12)13(23)28-10-6-2-1-3-7-10;15-13(16,17)10(14(18,19)26(22,23)24)25-11(21)12-3-6-1-7(4-12)9(20)8(2-6)5-12;13-11(14,15)10(12(16,17)25(20,21)22)24-8(18)6-3-1-4-5(2-3)23-9(19)7(4)6;11-9(12,13)8(10(14,15)22(18,19)20)21-7(17)5-1-3-6(16)4-2-5/h1-4,12-14,19H,5-11H2,(H,30,31,32);4-5,8-10,15H,1-3,6-7H2,(H,25,26,27);6-8,10H,1-5H2,(H,22,23,24);3-7,10H,1-2H2,(H,20,21,22);5,8H,1-4H2,(H,18,19,20). The second-order valence-corrected chi connectivity index (χ2v) is 42.1. The van der Waals surface area contributed by atoms with Crippen LogP contribution in [0, 0.1) is 75.9 Å². The smallest absolute Gasteiger partial charge is 0.743 e. The zero-order chi connectivity index (χ0) is 105. The van der Waals surface area contributed by atoms with Crippen molar-refractivity contribution in [1.29, 1.82) is 0 Å². The Kier molecular flexibility index (Phi) is 32.7. The fourth-order valence-electron chi connectivity index (χ4n) is 19.6. The van der Waals surface area contributed by atoms with Crippen LogP contribution in [-0.4, -0.2) is 231 Å². The maximum atomic E-state index is 13.7. The molecule has 1 aliphatic heterocycles. The highest BCUT2D eigenvalue weighted by Gasteiger charge is 2.72. The molecule has 13 fully saturated rings. The second kappa shape index (κ2) is 39.9. The number of ketones is 2. The van der Waals surface area contributed by atoms with Gasteiger partial charge in [0.2, 0.25) is 0 Å². The van der Waals surface area contributed by atoms with Crippen molar-refractivity contribution in [1.82, 2.24) is 0 Å². The molecule has 0 aromatic heterocycles. The van der Waals surface area contributed by atoms with Gasteiger partial charge < -0.3 is 60.7 Å². The van der Waals surface area contributed by atoms with Crippen LogP contribution in [0.1, 0.15) is 190 Å². The van der Waals surface area contributed by atoms with Gasteiger partial charge >= 0.3 is 112 Å². The van der Waals surface area contributed by atoms with Gasteiger partial charge in [-0.1, -0.05) is 30.7 Å². The van der Waals surface area contributed by atoms with Crippen LogP contribution < -0.4 is 0 Å². The van der Waals surface area contributed by atoms with E-state index in [0.717, 1.165) is 94.2 Å². The van der Waals surface area contributed by atoms with Crippen molar-refractivity contribution >= 4 is 110 Å². The van der Waals surface area contributed by atoms with E-state index in [1.54, 1.807) is 0 Å². The van der Waals surface area contributed by atoms with Crippen LogP contribution in [0.5, 0.6) is 0 Å². The third-order valence-corrected chi connectivity index (χ3v) is 29.5. The first-order valence-electron chi connectivity index (χ1n) is 40.4. The number of halogens is 25. The van der Waals surface area contributed by atoms with E-state index in [-0.39, 0.29) is 94.4 Å². The lowest BCUT2D eigenvalue weighted by atomic mass is 9.49. The van der Waals surface area contributed by atoms with Gasteiger partial charge in [-0.15, -0.1) is 0 Å². The molecule has 33 nitrogen and oxygen atoms in total. The zero-order valence-corrected chi connectivity index (χ0v) is 73.3. The molecule has 12 saturated carbocycles. The minimum absolute atomic E-state index is 0. The van der Waals surface area contributed by atoms with Gasteiger partial charge in [-0.05, 0) is 176 Å². The van der Waals surface area contributed by atoms with Crippen LogP contribution in [0.3, 0.4) is 0 Å². The molecular weight excluding hydrogens is 2060 g/mol. The van der Waals surface area contributed by atoms with E-state index in [1.807, 2.05) is 0 Å². The van der Waals surface area contributed by atoms with Crippen LogP contribution in [0.2, 0.25) is 0 Å². The van der Waals surface area contributed by atoms with Crippen LogP contribution >= 0.6 is 0 Å². The van der Waals surface area contributed by atoms with Crippen LogP contribution in [-0.2, 0) is 117 Å². The highest BCUT2D eigenvalue weighted by atomic mass is 32.2. The minimum Gasteiger partial charge on any atom is -0.743 e. The molecule has 2 aromatic rings. The van der Waals surface area contributed by atoms with Crippen molar-refractivity contribution in [2.45, 2.75) is 241 Å². The third-order valence-electron chi connectivity index (χ3n) is 25.1. The van der Waals surface area contributed by atoms with Crippen molar-refractivity contribution in [3.05, 3.63) is 70.8 Å². The topological polar surface area (TPSA) is 531 Å². The SMILES string of the molecule is O=C(OC(C(F)(F)F)C(F)(F)S(=O)(=O)[O-])C1C2CC3OC(=O)C1C3C2.O=C(OC1CCCCC1)c1ccccc1C(=O)OC(C(F)(F)F)C(F)(F)S(=O)(=O)[O-].O=C(OCC12CC3CC(CC(C3)C1)C2)c1ccccc1C(=O)OC(C(F)(F)F)C(F)(F)S(=O)(=O)[O-].O=C1C2CC3CC1CC(C(=O)OC(C(F)(F)F)C(F)(F)S(=O)(=O)[O-])(C3)C2.O=C1CCC(C(=O)OC(C(F)(F)F)C(F)(F)S(=O)(=O)[O-])CC1.[H+].[H+].[H+].[H+].[H+]. The van der Waals surface area contributed by atoms with Gasteiger partial charge in [0.15, 0.2) is 50.6 Å². The van der Waals surface area contributed by atoms with Crippen molar-refractivity contribution in [2.24, 2.45) is 75.9 Å². The van der Waals surface area contributed by atoms with E-state index in [1.165, 1.54) is 12.1 Å². The Bertz CT molecular complexity index is 5530. The molecule has 0 N–H and O–H groups in total. The normalized spacial score (nSPS) is 27.4. The molecule has 1 saturated heterocycles. The number of benzene rings is 2. The van der Waals surface area contributed by atoms with Gasteiger partial charge in [-0.3, -0.25) is 28.8 Å². The summed E-state index contributed by atoms with van der Waals surface area (Å²) in [7, 11) is -33.9. The summed E-state index contributed by atoms with van der Waals surface area (Å²) in [5.41, 5.74) is -4.51. The van der Waals surface area contributed by atoms with E-state index in [2.05, 4.69) is 23.7 Å². The van der Waals surface area contributed by atoms with E-state index >= 15 is 0 Å². The molecule has 1 heterocycles. The Balaban J connectivity index is 0.000000373. The number of rotatable bonds is 25. The lowest BCUT2D eigenvalue weighted by Crippen LogP contribution is -2.58. The van der Waals surface area contributed by atoms with Crippen LogP contribution in [0.15, 0.2) is 48.5 Å². The summed E-state index contributed by atoms with van der Waals surface area (Å²) in [6, 6.07) is 8.48. The lowest BCUT2D eigenvalue weighted by Gasteiger charge is -2.56. The highest BCUT2D eigenvalue weighted by molar-refractivity contribution is 7.87. The predicted octanol–water partition coefficient (Wildman–Crippen LogP) is 12.4. The molecule has 12 unspecified atom stereocenters. The van der Waals surface area contributed by atoms with Gasteiger partial charge in [0.1, 0.15) is 23.8 Å². The number of ether oxygens (including phenoxy) is 8. The summed E-state index contributed by atoms with van der Waals surface area (Å²) in [5.74, 6) is -16.9. The van der Waals surface area contributed by atoms with Crippen molar-refractivity contribution in [2.75, 3.05) is 6.61 Å². The summed E-state index contributed by atoms with van der Waals surface area (Å²) in [4.78, 5) is 120. The molecule has 138 heavy (non-hydrogen) atoms. The van der Waals surface area contributed by atoms with Gasteiger partial charge in [0, 0.05) is 36.0 Å². The first-order valence-corrected chi connectivity index (χ1v) is 47.4. The van der Waals surface area contributed by atoms with E-state index < -0.39 is 267 Å². The summed E-state index contributed by atoms with van der Waals surface area (Å²) in [6.07, 6.45) is -43.1. The van der Waals surface area contributed by atoms with Crippen LogP contribution in [0.4, 0.5) is 110 Å². The Labute approximate surface area is 769 Å². The lowest BCUT2D eigenvalue weighted by molar-refractivity contribution is -0.265. The fraction of sp³-hybridized carbons (Fsp3) is 0.707. The summed E-state index contributed by atoms with van der Waals surface area (Å²) >= 11 is 0. The molecule has 10 bridgehead atoms. The number of hydrogen-bond donors (Lipinski definition) is 0. The number of hydrogen-bond acceptors (Lipinski definition) is 33. The quantitative estimate of drug-likeness (QED) is 0.0385. The van der Waals surface area contributed by atoms with E-state index in [9.17, 15) is 223 Å². The average molecular weight is 2140 g/mol. The fourth-order valence-corrected chi connectivity index (χ4v) is 21.8. The van der Waals surface area contributed by atoms with Gasteiger partial charge in [-0.25, -0.2) is 61.3 Å². The molecule has 2 aromatic carbocycles. The Morgan fingerprint density at radius 3 is 1.09 bits per heavy atom. The highest BCUT2D eigenvalue weighted by Crippen LogP contribution is 2.63. The molecule has 63 heteroatoms. The number of carbonyl (C=O) groups excluding carboxylic acids is 10. The molecule has 780 valence electrons. The number of alkyl halides is 25. The molecule has 12 aliphatic carbocycles. The third kappa shape index (κ3) is 24.8. The molecule has 13 aliphatic rings. The number of esters is 8. The van der Waals surface area contributed by atoms with Crippen LogP contribution in [0.25, 0.3) is 0 Å². The average Bonchev–Trinajstić information content (AvgIpc) is 1.58. The maximum Gasteiger partial charge on any atom is 1.00 e. The molecule has 12 atom stereocenters. The first kappa shape index (κ1) is 113. The summed E-state index contributed by atoms with van der Waals surface area (Å²) < 4.78 is 520. The zero-order valence-electron chi connectivity index (χ0n) is 74.2. The summed E-state index contributed by atoms with van der Waals surface area (Å²) in [6.45, 7) is 0.0520. The molecule has 0 spiro atoms. The van der Waals surface area contributed by atoms with Gasteiger partial charge in [0.05, 0.1) is 52.0 Å². The van der Waals surface area contributed by atoms with E-state index in [0.29, 0.717) is 43.4 Å². The first-order chi connectivity index (χ1) is 62.5. The molecule has 0 amide bonds. The van der Waals surface area contributed by atoms with Crippen molar-refractivity contribution < 1.29 is 268 Å². The molecule has 15 rings (SSSR count). The van der Waals surface area contributed by atoms with E-state index in [4.69, 9.17) is 14.2 Å². The maximum absolute atomic E-state index is 13.7. The number of carbonyl (C=O) groups is 10. The summed E-state index contributed by atoms with van der Waals surface area (Å²) in [5, 5.41) is -29.6. The Morgan fingerprint density at radius 2 is 0.732 bits per heavy atom. The van der Waals surface area contributed by atoms with Crippen molar-refractivity contribution in [3.8, 4) is 0 Å². The largest absolute Gasteiger partial charge is 1.00 e. The number of Topliss-reactive ketones (excluding diaryl/α,β-unsaturated/α-hetero) is 2. The number of fused-ring (bicyclic) bond motifs is 1. The van der Waals surface area contributed by atoms with Gasteiger partial charge in [0.25, 0.3) is 30.5 Å². The Hall–Kier alpha value is -8.66. The second-order valence-electron chi connectivity index (χ2n) is 34.8. The van der Waals surface area contributed by atoms with Gasteiger partial charge in [-0.2, -0.15) is 110 Å². The predicted molar refractivity (Wildman–Crippen MR) is 394 cm³/mol. The molecule has 0 radical (unpaired) electrons. The Morgan fingerprint density at radius 1 is 0.399 bits per heavy atom. The monoisotopic (exact) mass is 2140 g/mol. The van der Waals surface area contributed by atoms with Crippen molar-refractivity contribution in [3.63, 3.8) is 0 Å².